The zero-order chi connectivity index (χ0) is 20.8. The van der Waals surface area contributed by atoms with E-state index in [0.29, 0.717) is 16.8 Å². The summed E-state index contributed by atoms with van der Waals surface area (Å²) in [6.07, 6.45) is 0.595. The Kier molecular flexibility index (Phi) is 6.86. The fourth-order valence-electron chi connectivity index (χ4n) is 3.27. The predicted molar refractivity (Wildman–Crippen MR) is 106 cm³/mol. The number of aliphatic hydroxyl groups is 1. The number of aliphatic hydroxyl groups excluding tert-OH is 1. The predicted octanol–water partition coefficient (Wildman–Crippen LogP) is 1.23. The van der Waals surface area contributed by atoms with E-state index in [1.165, 1.54) is 18.3 Å². The Morgan fingerprint density at radius 3 is 2.97 bits per heavy atom. The minimum atomic E-state index is -0.816. The molecular formula is C20H25FN5O3+. The molecule has 1 aliphatic rings. The second-order valence-electron chi connectivity index (χ2n) is 6.82. The van der Waals surface area contributed by atoms with Crippen LogP contribution in [-0.2, 0) is 11.2 Å². The first kappa shape index (κ1) is 20.8. The lowest BCUT2D eigenvalue weighted by Gasteiger charge is -2.22. The topological polar surface area (TPSA) is 124 Å². The van der Waals surface area contributed by atoms with Gasteiger partial charge in [-0.1, -0.05) is 12.1 Å². The third kappa shape index (κ3) is 5.35. The highest BCUT2D eigenvalue weighted by Gasteiger charge is 2.22. The van der Waals surface area contributed by atoms with Gasteiger partial charge in [0.15, 0.2) is 5.69 Å². The number of halogens is 1. The molecule has 6 N–H and O–H groups in total. The normalized spacial score (nSPS) is 20.0. The van der Waals surface area contributed by atoms with Crippen molar-refractivity contribution in [1.82, 2.24) is 10.3 Å². The lowest BCUT2D eigenvalue weighted by atomic mass is 10.1. The van der Waals surface area contributed by atoms with Crippen LogP contribution in [0.1, 0.15) is 29.8 Å². The average Bonchev–Trinajstić information content (AvgIpc) is 2.68. The van der Waals surface area contributed by atoms with E-state index in [-0.39, 0.29) is 25.5 Å². The highest BCUT2D eigenvalue weighted by atomic mass is 19.1. The van der Waals surface area contributed by atoms with Crippen molar-refractivity contribution in [3.63, 3.8) is 0 Å². The average molecular weight is 402 g/mol. The van der Waals surface area contributed by atoms with Gasteiger partial charge in [-0.05, 0) is 30.7 Å². The van der Waals surface area contributed by atoms with Gasteiger partial charge in [0.2, 0.25) is 0 Å². The van der Waals surface area contributed by atoms with E-state index < -0.39 is 24.0 Å². The molecule has 0 fully saturated rings. The monoisotopic (exact) mass is 402 g/mol. The molecule has 0 radical (unpaired) electrons. The molecular weight excluding hydrogens is 377 g/mol. The van der Waals surface area contributed by atoms with Gasteiger partial charge in [-0.15, -0.1) is 0 Å². The SMILES string of the molecule is CC[NH2+]c1c(C=N)cc2nc1C[C@H](O)COC[C@H](c1cccc(F)c1)NC(=O)N2. The molecule has 1 aromatic heterocycles. The summed E-state index contributed by atoms with van der Waals surface area (Å²) in [5.74, 6) is -0.142. The molecule has 1 aromatic carbocycles. The number of rotatable bonds is 4. The lowest BCUT2D eigenvalue weighted by molar-refractivity contribution is -0.568. The number of hydrogen-bond donors (Lipinski definition) is 5. The number of nitrogens with zero attached hydrogens (tertiary/aromatic N) is 1. The number of urea groups is 1. The van der Waals surface area contributed by atoms with Crippen molar-refractivity contribution in [1.29, 1.82) is 5.41 Å². The van der Waals surface area contributed by atoms with Crippen LogP contribution < -0.4 is 16.0 Å². The minimum Gasteiger partial charge on any atom is -0.390 e. The van der Waals surface area contributed by atoms with Crippen LogP contribution in [-0.4, -0.2) is 48.2 Å². The molecule has 2 amide bonds. The Hall–Kier alpha value is -2.88. The van der Waals surface area contributed by atoms with Gasteiger partial charge in [0, 0.05) is 12.6 Å². The number of carbonyl (C=O) groups is 1. The third-order valence-corrected chi connectivity index (χ3v) is 4.55. The van der Waals surface area contributed by atoms with Gasteiger partial charge in [-0.3, -0.25) is 5.32 Å². The third-order valence-electron chi connectivity index (χ3n) is 4.55. The van der Waals surface area contributed by atoms with Gasteiger partial charge in [0.25, 0.3) is 0 Å². The summed E-state index contributed by atoms with van der Waals surface area (Å²) in [6, 6.07) is 6.39. The van der Waals surface area contributed by atoms with E-state index in [2.05, 4.69) is 15.6 Å². The van der Waals surface area contributed by atoms with Crippen molar-refractivity contribution >= 4 is 23.8 Å². The molecule has 29 heavy (non-hydrogen) atoms. The zero-order valence-electron chi connectivity index (χ0n) is 16.1. The maximum absolute atomic E-state index is 13.6. The van der Waals surface area contributed by atoms with Crippen molar-refractivity contribution in [2.45, 2.75) is 25.5 Å². The second-order valence-corrected chi connectivity index (χ2v) is 6.82. The minimum absolute atomic E-state index is 0.0342. The summed E-state index contributed by atoms with van der Waals surface area (Å²) >= 11 is 0. The number of ether oxygens (including phenoxy) is 1. The number of nitrogens with two attached hydrogens (primary N) is 1. The van der Waals surface area contributed by atoms with Gasteiger partial charge in [-0.2, -0.15) is 0 Å². The van der Waals surface area contributed by atoms with Crippen molar-refractivity contribution in [2.24, 2.45) is 0 Å². The van der Waals surface area contributed by atoms with E-state index >= 15 is 0 Å². The maximum atomic E-state index is 13.6. The molecule has 1 aliphatic heterocycles. The molecule has 2 bridgehead atoms. The standard InChI is InChI=1S/C20H24FN5O3/c1-2-23-19-13(9-22)7-18-24-16(19)8-15(27)10-29-11-17(25-20(28)26-18)12-4-3-5-14(21)6-12/h3-7,9,15,17,22-23,27H,2,8,10-11H2,1H3,(H2,24,25,26,28)/p+1/t15-,17+/m0/s1. The van der Waals surface area contributed by atoms with Gasteiger partial charge in [0.1, 0.15) is 17.3 Å². The van der Waals surface area contributed by atoms with Gasteiger partial charge < -0.3 is 25.9 Å². The molecule has 0 aliphatic carbocycles. The van der Waals surface area contributed by atoms with E-state index in [0.717, 1.165) is 12.2 Å². The summed E-state index contributed by atoms with van der Waals surface area (Å²) in [5.41, 5.74) is 2.50. The molecule has 8 nitrogen and oxygen atoms in total. The largest absolute Gasteiger partial charge is 0.390 e. The summed E-state index contributed by atoms with van der Waals surface area (Å²) in [4.78, 5) is 17.0. The first-order valence-corrected chi connectivity index (χ1v) is 9.46. The number of hydrogen-bond acceptors (Lipinski definition) is 5. The number of amides is 2. The van der Waals surface area contributed by atoms with Crippen LogP contribution in [0.5, 0.6) is 0 Å². The number of pyridine rings is 1. The fraction of sp³-hybridized carbons (Fsp3) is 0.350. The number of benzene rings is 1. The maximum Gasteiger partial charge on any atom is 0.320 e. The van der Waals surface area contributed by atoms with E-state index in [9.17, 15) is 14.3 Å². The van der Waals surface area contributed by atoms with Crippen LogP contribution in [0.4, 0.5) is 20.7 Å². The first-order valence-electron chi connectivity index (χ1n) is 9.46. The molecule has 3 rings (SSSR count). The Bertz CT molecular complexity index is 892. The smallest absolute Gasteiger partial charge is 0.320 e. The summed E-state index contributed by atoms with van der Waals surface area (Å²) in [5, 5.41) is 25.5. The van der Waals surface area contributed by atoms with Crippen LogP contribution in [0, 0.1) is 11.2 Å². The van der Waals surface area contributed by atoms with Crippen molar-refractivity contribution in [3.05, 3.63) is 53.0 Å². The van der Waals surface area contributed by atoms with Crippen LogP contribution in [0.15, 0.2) is 30.3 Å². The quantitative estimate of drug-likeness (QED) is 0.494. The number of carbonyl (C=O) groups excluding carboxylic acids is 1. The Morgan fingerprint density at radius 1 is 1.41 bits per heavy atom. The summed E-state index contributed by atoms with van der Waals surface area (Å²) in [6.45, 7) is 2.83. The van der Waals surface area contributed by atoms with Gasteiger partial charge >= 0.3 is 6.03 Å². The van der Waals surface area contributed by atoms with E-state index in [1.54, 1.807) is 18.2 Å². The summed E-state index contributed by atoms with van der Waals surface area (Å²) in [7, 11) is 0. The van der Waals surface area contributed by atoms with Crippen LogP contribution in [0.3, 0.4) is 0 Å². The Morgan fingerprint density at radius 2 is 2.24 bits per heavy atom. The van der Waals surface area contributed by atoms with E-state index in [4.69, 9.17) is 10.1 Å². The molecule has 0 saturated carbocycles. The summed E-state index contributed by atoms with van der Waals surface area (Å²) < 4.78 is 19.2. The lowest BCUT2D eigenvalue weighted by Crippen LogP contribution is -2.78. The van der Waals surface area contributed by atoms with Crippen LogP contribution in [0.25, 0.3) is 0 Å². The Balaban J connectivity index is 1.93. The molecule has 2 aromatic rings. The number of quaternary nitrogens is 1. The highest BCUT2D eigenvalue weighted by Crippen LogP contribution is 2.21. The van der Waals surface area contributed by atoms with E-state index in [1.807, 2.05) is 12.2 Å². The van der Waals surface area contributed by atoms with Crippen molar-refractivity contribution in [3.8, 4) is 0 Å². The molecule has 0 spiro atoms. The number of anilines is 1. The molecule has 9 heteroatoms. The number of nitrogens with one attached hydrogen (secondary N) is 3. The number of aromatic nitrogens is 1. The van der Waals surface area contributed by atoms with Crippen LogP contribution in [0.2, 0.25) is 0 Å². The molecule has 2 heterocycles. The van der Waals surface area contributed by atoms with Crippen molar-refractivity contribution < 1.29 is 24.3 Å². The molecule has 0 unspecified atom stereocenters. The molecule has 0 saturated heterocycles. The van der Waals surface area contributed by atoms with Gasteiger partial charge in [-0.25, -0.2) is 14.2 Å². The second kappa shape index (κ2) is 9.55. The number of fused-ring (bicyclic) bond motifs is 2. The highest BCUT2D eigenvalue weighted by molar-refractivity contribution is 5.91. The molecule has 2 atom stereocenters. The fourth-order valence-corrected chi connectivity index (χ4v) is 3.27. The van der Waals surface area contributed by atoms with Gasteiger partial charge in [0.05, 0.1) is 37.5 Å². The van der Waals surface area contributed by atoms with Crippen molar-refractivity contribution in [2.75, 3.05) is 25.1 Å². The zero-order valence-corrected chi connectivity index (χ0v) is 16.1. The molecule has 154 valence electrons. The first-order chi connectivity index (χ1) is 14.0. The Labute approximate surface area is 168 Å². The van der Waals surface area contributed by atoms with Crippen LogP contribution >= 0.6 is 0 Å².